The quantitative estimate of drug-likeness (QED) is 0.233. The number of fused-ring (bicyclic) bond motifs is 1. The standard InChI is InChI=1S/C25H30N6O3.C2H6/c1-7-10-20(24(26-4)34-6)29-21-16-30(25(32)31-22(33-5)14-27-23(21)31)15-18-11-9-12-19(13-18)28-17(3)8-2;1-2/h8-14,16,28-29H,2-3,7,15H2,1,4-6H3;1-2H3/b20-10+,26-24?;. The number of nitrogens with one attached hydrogen (secondary N) is 2. The van der Waals surface area contributed by atoms with Gasteiger partial charge in [-0.25, -0.2) is 14.2 Å². The highest BCUT2D eigenvalue weighted by molar-refractivity contribution is 5.97. The van der Waals surface area contributed by atoms with E-state index in [9.17, 15) is 4.79 Å². The van der Waals surface area contributed by atoms with E-state index in [2.05, 4.69) is 33.8 Å². The van der Waals surface area contributed by atoms with E-state index in [1.807, 2.05) is 51.1 Å². The molecule has 0 atom stereocenters. The van der Waals surface area contributed by atoms with E-state index in [0.29, 0.717) is 41.1 Å². The zero-order valence-electron chi connectivity index (χ0n) is 22.0. The van der Waals surface area contributed by atoms with Crippen LogP contribution in [0.4, 0.5) is 11.4 Å². The highest BCUT2D eigenvalue weighted by atomic mass is 16.5. The third kappa shape index (κ3) is 6.44. The fraction of sp³-hybridized carbons (Fsp3) is 0.296. The number of anilines is 2. The van der Waals surface area contributed by atoms with Crippen LogP contribution in [0, 0.1) is 0 Å². The lowest BCUT2D eigenvalue weighted by Crippen LogP contribution is -2.28. The molecule has 0 bridgehead atoms. The Morgan fingerprint density at radius 1 is 1.25 bits per heavy atom. The molecular formula is C27H36N6O3. The van der Waals surface area contributed by atoms with Gasteiger partial charge in [-0.15, -0.1) is 0 Å². The van der Waals surface area contributed by atoms with Gasteiger partial charge in [0.05, 0.1) is 38.3 Å². The Labute approximate surface area is 212 Å². The van der Waals surface area contributed by atoms with Gasteiger partial charge in [0.2, 0.25) is 11.8 Å². The number of aliphatic imine (C=N–C) groups is 1. The lowest BCUT2D eigenvalue weighted by molar-refractivity contribution is 0.390. The van der Waals surface area contributed by atoms with Crippen molar-refractivity contribution in [1.82, 2.24) is 14.0 Å². The molecule has 9 heteroatoms. The molecule has 36 heavy (non-hydrogen) atoms. The highest BCUT2D eigenvalue weighted by Gasteiger charge is 2.17. The van der Waals surface area contributed by atoms with Crippen molar-refractivity contribution in [3.8, 4) is 5.88 Å². The summed E-state index contributed by atoms with van der Waals surface area (Å²) in [6.45, 7) is 13.9. The van der Waals surface area contributed by atoms with Crippen molar-refractivity contribution in [1.29, 1.82) is 0 Å². The fourth-order valence-electron chi connectivity index (χ4n) is 3.50. The van der Waals surface area contributed by atoms with E-state index < -0.39 is 0 Å². The van der Waals surface area contributed by atoms with Crippen molar-refractivity contribution in [2.24, 2.45) is 4.99 Å². The smallest absolute Gasteiger partial charge is 0.337 e. The number of aromatic nitrogens is 3. The number of hydrogen-bond donors (Lipinski definition) is 2. The minimum Gasteiger partial charge on any atom is -0.481 e. The molecule has 0 unspecified atom stereocenters. The van der Waals surface area contributed by atoms with Gasteiger partial charge in [-0.1, -0.05) is 52.1 Å². The van der Waals surface area contributed by atoms with Crippen LogP contribution in [0.15, 0.2) is 83.2 Å². The van der Waals surface area contributed by atoms with Crippen LogP contribution >= 0.6 is 0 Å². The predicted octanol–water partition coefficient (Wildman–Crippen LogP) is 5.07. The van der Waals surface area contributed by atoms with Gasteiger partial charge in [0.15, 0.2) is 5.65 Å². The van der Waals surface area contributed by atoms with Crippen LogP contribution in [-0.2, 0) is 11.3 Å². The number of benzene rings is 1. The molecule has 3 aromatic rings. The van der Waals surface area contributed by atoms with Gasteiger partial charge in [-0.3, -0.25) is 9.56 Å². The van der Waals surface area contributed by atoms with Crippen molar-refractivity contribution >= 4 is 22.9 Å². The molecule has 0 saturated carbocycles. The molecule has 3 rings (SSSR count). The van der Waals surface area contributed by atoms with Gasteiger partial charge < -0.3 is 20.1 Å². The normalized spacial score (nSPS) is 11.4. The van der Waals surface area contributed by atoms with Gasteiger partial charge in [0.25, 0.3) is 0 Å². The van der Waals surface area contributed by atoms with E-state index in [1.54, 1.807) is 31.0 Å². The second-order valence-electron chi connectivity index (χ2n) is 7.35. The zero-order valence-corrected chi connectivity index (χ0v) is 22.0. The Kier molecular flexibility index (Phi) is 10.5. The first-order valence-corrected chi connectivity index (χ1v) is 11.8. The number of hydrogen-bond acceptors (Lipinski definition) is 7. The zero-order chi connectivity index (χ0) is 26.7. The van der Waals surface area contributed by atoms with E-state index in [4.69, 9.17) is 9.47 Å². The van der Waals surface area contributed by atoms with Gasteiger partial charge in [-0.05, 0) is 30.2 Å². The summed E-state index contributed by atoms with van der Waals surface area (Å²) in [6, 6.07) is 7.75. The summed E-state index contributed by atoms with van der Waals surface area (Å²) >= 11 is 0. The van der Waals surface area contributed by atoms with Crippen LogP contribution in [0.2, 0.25) is 0 Å². The molecule has 2 N–H and O–H groups in total. The summed E-state index contributed by atoms with van der Waals surface area (Å²) in [7, 11) is 4.72. The first-order chi connectivity index (χ1) is 17.4. The van der Waals surface area contributed by atoms with Crippen LogP contribution in [-0.4, -0.2) is 41.1 Å². The van der Waals surface area contributed by atoms with E-state index in [1.165, 1.54) is 17.7 Å². The van der Waals surface area contributed by atoms with Crippen molar-refractivity contribution in [3.05, 3.63) is 89.4 Å². The molecule has 0 aliphatic rings. The van der Waals surface area contributed by atoms with Crippen molar-refractivity contribution in [2.45, 2.75) is 33.7 Å². The average molecular weight is 493 g/mol. The molecular weight excluding hydrogens is 456 g/mol. The maximum Gasteiger partial charge on any atom is 0.337 e. The molecule has 1 aromatic carbocycles. The first-order valence-electron chi connectivity index (χ1n) is 11.8. The summed E-state index contributed by atoms with van der Waals surface area (Å²) in [5.41, 5.74) is 3.90. The lowest BCUT2D eigenvalue weighted by atomic mass is 10.2. The van der Waals surface area contributed by atoms with Gasteiger partial charge >= 0.3 is 5.69 Å². The maximum absolute atomic E-state index is 13.4. The van der Waals surface area contributed by atoms with Crippen LogP contribution in [0.1, 0.15) is 32.8 Å². The van der Waals surface area contributed by atoms with Crippen molar-refractivity contribution in [3.63, 3.8) is 0 Å². The van der Waals surface area contributed by atoms with Crippen molar-refractivity contribution in [2.75, 3.05) is 31.9 Å². The molecule has 0 spiro atoms. The number of methoxy groups -OCH3 is 2. The number of allylic oxidation sites excluding steroid dienone is 2. The van der Waals surface area contributed by atoms with Crippen LogP contribution in [0.3, 0.4) is 0 Å². The molecule has 192 valence electrons. The Morgan fingerprint density at radius 3 is 2.61 bits per heavy atom. The number of nitrogens with zero attached hydrogens (tertiary/aromatic N) is 4. The molecule has 0 amide bonds. The minimum absolute atomic E-state index is 0.277. The third-order valence-corrected chi connectivity index (χ3v) is 5.04. The summed E-state index contributed by atoms with van der Waals surface area (Å²) in [5, 5.41) is 6.50. The number of imidazole rings is 1. The Hall–Kier alpha value is -4.27. The summed E-state index contributed by atoms with van der Waals surface area (Å²) < 4.78 is 13.8. The topological polar surface area (TPSA) is 94.2 Å². The third-order valence-electron chi connectivity index (χ3n) is 5.04. The number of rotatable bonds is 10. The molecule has 0 radical (unpaired) electrons. The lowest BCUT2D eigenvalue weighted by Gasteiger charge is -2.16. The molecule has 0 fully saturated rings. The van der Waals surface area contributed by atoms with Gasteiger partial charge in [-0.2, -0.15) is 0 Å². The van der Waals surface area contributed by atoms with Crippen LogP contribution in [0.5, 0.6) is 5.88 Å². The molecule has 0 aliphatic heterocycles. The molecule has 9 nitrogen and oxygen atoms in total. The van der Waals surface area contributed by atoms with E-state index >= 15 is 0 Å². The Balaban J connectivity index is 0.00000222. The second kappa shape index (κ2) is 13.6. The van der Waals surface area contributed by atoms with Crippen molar-refractivity contribution < 1.29 is 9.47 Å². The van der Waals surface area contributed by atoms with Crippen LogP contribution in [0.25, 0.3) is 5.65 Å². The van der Waals surface area contributed by atoms with Crippen LogP contribution < -0.4 is 21.1 Å². The number of ether oxygens (including phenoxy) is 2. The maximum atomic E-state index is 13.4. The molecule has 0 aliphatic carbocycles. The monoisotopic (exact) mass is 492 g/mol. The summed E-state index contributed by atoms with van der Waals surface area (Å²) in [6.07, 6.45) is 7.61. The largest absolute Gasteiger partial charge is 0.481 e. The summed E-state index contributed by atoms with van der Waals surface area (Å²) in [5.74, 6) is 0.782. The predicted molar refractivity (Wildman–Crippen MR) is 148 cm³/mol. The van der Waals surface area contributed by atoms with E-state index in [-0.39, 0.29) is 5.69 Å². The first kappa shape index (κ1) is 28.0. The SMILES string of the molecule is C=CC(=C)Nc1cccc(Cn2cc(N/C(=C/CC)C(=NC)OC)c3ncc(OC)n3c2=O)c1.CC. The van der Waals surface area contributed by atoms with Gasteiger partial charge in [0, 0.05) is 24.6 Å². The highest BCUT2D eigenvalue weighted by Crippen LogP contribution is 2.22. The van der Waals surface area contributed by atoms with Gasteiger partial charge in [0.1, 0.15) is 0 Å². The average Bonchev–Trinajstić information content (AvgIpc) is 3.34. The molecule has 2 aromatic heterocycles. The minimum atomic E-state index is -0.277. The molecule has 0 saturated heterocycles. The molecule has 2 heterocycles. The second-order valence-corrected chi connectivity index (χ2v) is 7.35. The Morgan fingerprint density at radius 2 is 2.00 bits per heavy atom. The summed E-state index contributed by atoms with van der Waals surface area (Å²) in [4.78, 5) is 22.0. The van der Waals surface area contributed by atoms with E-state index in [0.717, 1.165) is 17.7 Å². The fourth-order valence-corrected chi connectivity index (χ4v) is 3.50. The Bertz CT molecular complexity index is 1320.